The van der Waals surface area contributed by atoms with E-state index < -0.39 is 27.8 Å². The summed E-state index contributed by atoms with van der Waals surface area (Å²) in [5, 5.41) is 8.23. The Morgan fingerprint density at radius 1 is 1.15 bits per heavy atom. The van der Waals surface area contributed by atoms with Crippen LogP contribution in [0.1, 0.15) is 22.7 Å². The molecular weight excluding hydrogens is 381 g/mol. The van der Waals surface area contributed by atoms with Gasteiger partial charge in [-0.15, -0.1) is 0 Å². The van der Waals surface area contributed by atoms with Crippen LogP contribution in [-0.4, -0.2) is 28.7 Å². The molecular formula is C18H21F3N2O3S. The number of nitrogens with one attached hydrogen (secondary N) is 1. The van der Waals surface area contributed by atoms with Gasteiger partial charge in [-0.3, -0.25) is 0 Å². The summed E-state index contributed by atoms with van der Waals surface area (Å²) in [6.07, 6.45) is -3.84. The van der Waals surface area contributed by atoms with E-state index in [0.717, 1.165) is 17.7 Å². The molecule has 0 unspecified atom stereocenters. The van der Waals surface area contributed by atoms with Crippen LogP contribution < -0.4 is 10.5 Å². The SMILES string of the molecule is COC[C@H](NCCc1ccc(S(N)(=O)=O)cc1)c1cccc(C(F)(F)F)c1. The molecule has 0 bridgehead atoms. The standard InChI is InChI=1S/C18H21F3N2O3S/c1-26-12-17(14-3-2-4-15(11-14)18(19,20)21)23-10-9-13-5-7-16(8-6-13)27(22,24)25/h2-8,11,17,23H,9-10,12H2,1H3,(H2,22,24,25)/t17-/m0/s1. The maximum Gasteiger partial charge on any atom is 0.416 e. The van der Waals surface area contributed by atoms with Crippen molar-refractivity contribution in [3.05, 3.63) is 65.2 Å². The molecule has 0 aromatic heterocycles. The van der Waals surface area contributed by atoms with E-state index in [-0.39, 0.29) is 11.5 Å². The lowest BCUT2D eigenvalue weighted by molar-refractivity contribution is -0.137. The number of nitrogens with two attached hydrogens (primary N) is 1. The second-order valence-corrected chi connectivity index (χ2v) is 7.59. The molecule has 0 aliphatic rings. The lowest BCUT2D eigenvalue weighted by Gasteiger charge is -2.20. The van der Waals surface area contributed by atoms with E-state index in [0.29, 0.717) is 18.5 Å². The van der Waals surface area contributed by atoms with Crippen molar-refractivity contribution in [2.75, 3.05) is 20.3 Å². The van der Waals surface area contributed by atoms with Crippen LogP contribution in [0.25, 0.3) is 0 Å². The maximum atomic E-state index is 12.9. The number of methoxy groups -OCH3 is 1. The number of ether oxygens (including phenoxy) is 1. The Balaban J connectivity index is 2.03. The van der Waals surface area contributed by atoms with Crippen molar-refractivity contribution in [1.29, 1.82) is 0 Å². The fourth-order valence-corrected chi connectivity index (χ4v) is 3.12. The summed E-state index contributed by atoms with van der Waals surface area (Å²) in [5.74, 6) is 0. The van der Waals surface area contributed by atoms with Gasteiger partial charge in [-0.05, 0) is 48.4 Å². The number of hydrogen-bond donors (Lipinski definition) is 2. The predicted octanol–water partition coefficient (Wildman–Crippen LogP) is 2.87. The van der Waals surface area contributed by atoms with Crippen molar-refractivity contribution in [2.45, 2.75) is 23.5 Å². The van der Waals surface area contributed by atoms with E-state index in [1.54, 1.807) is 18.2 Å². The minimum Gasteiger partial charge on any atom is -0.383 e. The van der Waals surface area contributed by atoms with Crippen LogP contribution in [0.5, 0.6) is 0 Å². The minimum absolute atomic E-state index is 0.0282. The molecule has 0 heterocycles. The molecule has 27 heavy (non-hydrogen) atoms. The molecule has 2 aromatic rings. The smallest absolute Gasteiger partial charge is 0.383 e. The van der Waals surface area contributed by atoms with Crippen LogP contribution in [0, 0.1) is 0 Å². The maximum absolute atomic E-state index is 12.9. The average molecular weight is 402 g/mol. The summed E-state index contributed by atoms with van der Waals surface area (Å²) in [5.41, 5.74) is 0.646. The summed E-state index contributed by atoms with van der Waals surface area (Å²) in [4.78, 5) is 0.0282. The molecule has 3 N–H and O–H groups in total. The van der Waals surface area contributed by atoms with Gasteiger partial charge in [-0.25, -0.2) is 13.6 Å². The van der Waals surface area contributed by atoms with Gasteiger partial charge < -0.3 is 10.1 Å². The van der Waals surface area contributed by atoms with Gasteiger partial charge in [-0.2, -0.15) is 13.2 Å². The highest BCUT2D eigenvalue weighted by Crippen LogP contribution is 2.30. The molecule has 5 nitrogen and oxygen atoms in total. The highest BCUT2D eigenvalue weighted by molar-refractivity contribution is 7.89. The zero-order chi connectivity index (χ0) is 20.1. The lowest BCUT2D eigenvalue weighted by Crippen LogP contribution is -2.27. The molecule has 0 radical (unpaired) electrons. The molecule has 2 aromatic carbocycles. The molecule has 0 aliphatic heterocycles. The first-order chi connectivity index (χ1) is 12.6. The second-order valence-electron chi connectivity index (χ2n) is 6.02. The number of benzene rings is 2. The van der Waals surface area contributed by atoms with Crippen LogP contribution in [0.3, 0.4) is 0 Å². The molecule has 9 heteroatoms. The molecule has 0 fully saturated rings. The summed E-state index contributed by atoms with van der Waals surface area (Å²) >= 11 is 0. The molecule has 2 rings (SSSR count). The lowest BCUT2D eigenvalue weighted by atomic mass is 10.0. The number of sulfonamides is 1. The molecule has 148 valence electrons. The third kappa shape index (κ3) is 6.31. The Labute approximate surface area is 156 Å². The summed E-state index contributed by atoms with van der Waals surface area (Å²) in [6.45, 7) is 0.685. The van der Waals surface area contributed by atoms with Crippen LogP contribution in [0.15, 0.2) is 53.4 Å². The Morgan fingerprint density at radius 2 is 1.81 bits per heavy atom. The Bertz CT molecular complexity index is 853. The first kappa shape index (κ1) is 21.4. The molecule has 0 amide bonds. The second kappa shape index (κ2) is 8.83. The quantitative estimate of drug-likeness (QED) is 0.712. The topological polar surface area (TPSA) is 81.4 Å². The highest BCUT2D eigenvalue weighted by Gasteiger charge is 2.30. The van der Waals surface area contributed by atoms with Gasteiger partial charge in [0.05, 0.1) is 23.1 Å². The number of primary sulfonamides is 1. The molecule has 0 aliphatic carbocycles. The Hall–Kier alpha value is -1.94. The van der Waals surface area contributed by atoms with E-state index in [1.807, 2.05) is 0 Å². The van der Waals surface area contributed by atoms with Gasteiger partial charge in [0.1, 0.15) is 0 Å². The fraction of sp³-hybridized carbons (Fsp3) is 0.333. The minimum atomic E-state index is -4.40. The van der Waals surface area contributed by atoms with Crippen LogP contribution >= 0.6 is 0 Å². The monoisotopic (exact) mass is 402 g/mol. The van der Waals surface area contributed by atoms with Crippen molar-refractivity contribution >= 4 is 10.0 Å². The third-order valence-electron chi connectivity index (χ3n) is 4.01. The molecule has 0 saturated carbocycles. The largest absolute Gasteiger partial charge is 0.416 e. The predicted molar refractivity (Wildman–Crippen MR) is 95.6 cm³/mol. The van der Waals surface area contributed by atoms with E-state index in [4.69, 9.17) is 9.88 Å². The zero-order valence-corrected chi connectivity index (χ0v) is 15.5. The number of rotatable bonds is 8. The zero-order valence-electron chi connectivity index (χ0n) is 14.7. The normalized spacial score (nSPS) is 13.5. The first-order valence-corrected chi connectivity index (χ1v) is 9.67. The van der Waals surface area contributed by atoms with Crippen molar-refractivity contribution < 1.29 is 26.3 Å². The van der Waals surface area contributed by atoms with E-state index in [1.165, 1.54) is 25.3 Å². The number of hydrogen-bond acceptors (Lipinski definition) is 4. The summed E-state index contributed by atoms with van der Waals surface area (Å²) in [7, 11) is -2.26. The van der Waals surface area contributed by atoms with Gasteiger partial charge in [0.2, 0.25) is 10.0 Å². The number of alkyl halides is 3. The van der Waals surface area contributed by atoms with Crippen molar-refractivity contribution in [3.63, 3.8) is 0 Å². The van der Waals surface area contributed by atoms with Gasteiger partial charge >= 0.3 is 6.18 Å². The van der Waals surface area contributed by atoms with Crippen LogP contribution in [0.2, 0.25) is 0 Å². The molecule has 0 spiro atoms. The fourth-order valence-electron chi connectivity index (χ4n) is 2.61. The summed E-state index contributed by atoms with van der Waals surface area (Å²) in [6, 6.07) is 10.9. The van der Waals surface area contributed by atoms with E-state index in [2.05, 4.69) is 5.32 Å². The summed E-state index contributed by atoms with van der Waals surface area (Å²) < 4.78 is 66.3. The first-order valence-electron chi connectivity index (χ1n) is 8.12. The average Bonchev–Trinajstić information content (AvgIpc) is 2.60. The van der Waals surface area contributed by atoms with Crippen LogP contribution in [0.4, 0.5) is 13.2 Å². The van der Waals surface area contributed by atoms with Gasteiger partial charge in [0.25, 0.3) is 0 Å². The van der Waals surface area contributed by atoms with Gasteiger partial charge in [0, 0.05) is 7.11 Å². The Kier molecular flexibility index (Phi) is 6.99. The third-order valence-corrected chi connectivity index (χ3v) is 4.94. The van der Waals surface area contributed by atoms with Crippen molar-refractivity contribution in [1.82, 2.24) is 5.32 Å². The van der Waals surface area contributed by atoms with Gasteiger partial charge in [0.15, 0.2) is 0 Å². The van der Waals surface area contributed by atoms with Gasteiger partial charge in [-0.1, -0.05) is 24.3 Å². The number of halogens is 3. The van der Waals surface area contributed by atoms with Crippen molar-refractivity contribution in [3.8, 4) is 0 Å². The Morgan fingerprint density at radius 3 is 2.37 bits per heavy atom. The molecule has 1 atom stereocenters. The van der Waals surface area contributed by atoms with Crippen molar-refractivity contribution in [2.24, 2.45) is 5.14 Å². The van der Waals surface area contributed by atoms with E-state index >= 15 is 0 Å². The molecule has 0 saturated heterocycles. The highest BCUT2D eigenvalue weighted by atomic mass is 32.2. The van der Waals surface area contributed by atoms with E-state index in [9.17, 15) is 21.6 Å². The van der Waals surface area contributed by atoms with Crippen LogP contribution in [-0.2, 0) is 27.4 Å².